The van der Waals surface area contributed by atoms with Gasteiger partial charge in [-0.15, -0.1) is 0 Å². The molecular formula is C19H26O. The van der Waals surface area contributed by atoms with Crippen LogP contribution in [0.3, 0.4) is 0 Å². The molecule has 0 N–H and O–H groups in total. The van der Waals surface area contributed by atoms with Crippen LogP contribution in [0.25, 0.3) is 0 Å². The summed E-state index contributed by atoms with van der Waals surface area (Å²) in [5, 5.41) is 0. The van der Waals surface area contributed by atoms with E-state index in [1.165, 1.54) is 37.7 Å². The lowest BCUT2D eigenvalue weighted by molar-refractivity contribution is -0.124. The topological polar surface area (TPSA) is 17.1 Å². The van der Waals surface area contributed by atoms with Crippen LogP contribution < -0.4 is 0 Å². The fraction of sp³-hybridized carbons (Fsp3) is 0.632. The van der Waals surface area contributed by atoms with Gasteiger partial charge in [0.1, 0.15) is 5.78 Å². The third-order valence-corrected chi connectivity index (χ3v) is 5.97. The number of Topliss-reactive ketones (excluding diaryl/α,β-unsaturated/α-hetero) is 1. The molecule has 2 aliphatic carbocycles. The molecule has 2 fully saturated rings. The fourth-order valence-electron chi connectivity index (χ4n) is 4.95. The maximum absolute atomic E-state index is 12.5. The van der Waals surface area contributed by atoms with Crippen molar-refractivity contribution in [3.8, 4) is 0 Å². The Kier molecular flexibility index (Phi) is 3.70. The van der Waals surface area contributed by atoms with Gasteiger partial charge in [-0.1, -0.05) is 63.4 Å². The largest absolute Gasteiger partial charge is 0.299 e. The van der Waals surface area contributed by atoms with Crippen molar-refractivity contribution in [3.63, 3.8) is 0 Å². The summed E-state index contributed by atoms with van der Waals surface area (Å²) in [6.45, 7) is 4.32. The number of hydrogen-bond donors (Lipinski definition) is 0. The minimum absolute atomic E-state index is 0.109. The van der Waals surface area contributed by atoms with Crippen molar-refractivity contribution in [2.75, 3.05) is 0 Å². The summed E-state index contributed by atoms with van der Waals surface area (Å²) in [7, 11) is 0. The molecule has 0 bridgehead atoms. The van der Waals surface area contributed by atoms with Crippen molar-refractivity contribution in [2.45, 2.75) is 57.8 Å². The first-order valence-corrected chi connectivity index (χ1v) is 8.25. The van der Waals surface area contributed by atoms with Crippen LogP contribution in [0.1, 0.15) is 57.9 Å². The van der Waals surface area contributed by atoms with Crippen LogP contribution in [-0.4, -0.2) is 5.78 Å². The second kappa shape index (κ2) is 5.35. The maximum Gasteiger partial charge on any atom is 0.139 e. The molecule has 3 rings (SSSR count). The minimum Gasteiger partial charge on any atom is -0.299 e. The van der Waals surface area contributed by atoms with Crippen LogP contribution in [-0.2, 0) is 10.2 Å². The van der Waals surface area contributed by atoms with Gasteiger partial charge in [0.2, 0.25) is 0 Å². The normalized spacial score (nSPS) is 35.4. The van der Waals surface area contributed by atoms with Gasteiger partial charge in [0.05, 0.1) is 0 Å². The highest BCUT2D eigenvalue weighted by Gasteiger charge is 2.54. The van der Waals surface area contributed by atoms with Crippen molar-refractivity contribution in [2.24, 2.45) is 17.8 Å². The molecule has 1 nitrogen and oxygen atoms in total. The summed E-state index contributed by atoms with van der Waals surface area (Å²) in [4.78, 5) is 12.5. The summed E-state index contributed by atoms with van der Waals surface area (Å²) in [5.41, 5.74) is 1.52. The van der Waals surface area contributed by atoms with Gasteiger partial charge in [0.15, 0.2) is 0 Å². The molecule has 0 radical (unpaired) electrons. The van der Waals surface area contributed by atoms with Gasteiger partial charge in [0.25, 0.3) is 0 Å². The van der Waals surface area contributed by atoms with Crippen molar-refractivity contribution < 1.29 is 4.79 Å². The van der Waals surface area contributed by atoms with Gasteiger partial charge in [0, 0.05) is 17.3 Å². The number of benzene rings is 1. The van der Waals surface area contributed by atoms with E-state index in [0.29, 0.717) is 11.7 Å². The molecule has 1 aromatic carbocycles. The Morgan fingerprint density at radius 1 is 1.00 bits per heavy atom. The van der Waals surface area contributed by atoms with Crippen LogP contribution in [0.2, 0.25) is 0 Å². The average molecular weight is 270 g/mol. The number of carbonyl (C=O) groups is 1. The average Bonchev–Trinajstić information content (AvgIpc) is 2.74. The van der Waals surface area contributed by atoms with Crippen LogP contribution in [0, 0.1) is 17.8 Å². The summed E-state index contributed by atoms with van der Waals surface area (Å²) >= 11 is 0. The lowest BCUT2D eigenvalue weighted by atomic mass is 9.60. The Morgan fingerprint density at radius 3 is 2.20 bits per heavy atom. The summed E-state index contributed by atoms with van der Waals surface area (Å²) < 4.78 is 0. The van der Waals surface area contributed by atoms with Gasteiger partial charge in [-0.2, -0.15) is 0 Å². The predicted octanol–water partition coefficient (Wildman–Crippen LogP) is 4.75. The first-order chi connectivity index (χ1) is 9.66. The summed E-state index contributed by atoms with van der Waals surface area (Å²) in [6, 6.07) is 10.9. The molecule has 0 aliphatic heterocycles. The van der Waals surface area contributed by atoms with E-state index in [0.717, 1.165) is 6.42 Å². The zero-order chi connectivity index (χ0) is 14.2. The summed E-state index contributed by atoms with van der Waals surface area (Å²) in [5.74, 6) is 1.59. The van der Waals surface area contributed by atoms with Gasteiger partial charge < -0.3 is 0 Å². The van der Waals surface area contributed by atoms with E-state index in [1.54, 1.807) is 0 Å². The van der Waals surface area contributed by atoms with E-state index >= 15 is 0 Å². The second-order valence-electron chi connectivity index (χ2n) is 6.97. The van der Waals surface area contributed by atoms with Crippen LogP contribution >= 0.6 is 0 Å². The van der Waals surface area contributed by atoms with E-state index < -0.39 is 0 Å². The van der Waals surface area contributed by atoms with Crippen molar-refractivity contribution >= 4 is 5.78 Å². The van der Waals surface area contributed by atoms with Crippen LogP contribution in [0.4, 0.5) is 0 Å². The number of ketones is 1. The highest BCUT2D eigenvalue weighted by Crippen LogP contribution is 2.54. The van der Waals surface area contributed by atoms with E-state index in [-0.39, 0.29) is 17.3 Å². The highest BCUT2D eigenvalue weighted by atomic mass is 16.1. The van der Waals surface area contributed by atoms with E-state index in [2.05, 4.69) is 44.2 Å². The van der Waals surface area contributed by atoms with Crippen molar-refractivity contribution in [1.29, 1.82) is 0 Å². The molecule has 20 heavy (non-hydrogen) atoms. The molecule has 1 aromatic rings. The molecular weight excluding hydrogens is 244 g/mol. The van der Waals surface area contributed by atoms with Gasteiger partial charge in [-0.05, 0) is 30.7 Å². The monoisotopic (exact) mass is 270 g/mol. The Labute approximate surface area is 122 Å². The maximum atomic E-state index is 12.5. The lowest BCUT2D eigenvalue weighted by Crippen LogP contribution is -2.40. The molecule has 2 aliphatic rings. The Hall–Kier alpha value is -1.11. The standard InChI is InChI=1S/C19H26O/c1-14-13-19(15(2)18(14)20,16-9-5-3-6-10-16)17-11-7-4-8-12-17/h3,5-6,9-10,14-15,17H,4,7-8,11-13H2,1-2H3. The van der Waals surface area contributed by atoms with Crippen LogP contribution in [0.15, 0.2) is 30.3 Å². The van der Waals surface area contributed by atoms with Gasteiger partial charge in [-0.3, -0.25) is 4.79 Å². The van der Waals surface area contributed by atoms with E-state index in [1.807, 2.05) is 0 Å². The zero-order valence-electron chi connectivity index (χ0n) is 12.8. The van der Waals surface area contributed by atoms with E-state index in [4.69, 9.17) is 0 Å². The quantitative estimate of drug-likeness (QED) is 0.758. The molecule has 3 atom stereocenters. The zero-order valence-corrected chi connectivity index (χ0v) is 12.8. The number of rotatable bonds is 2. The van der Waals surface area contributed by atoms with Crippen molar-refractivity contribution in [1.82, 2.24) is 0 Å². The molecule has 2 saturated carbocycles. The van der Waals surface area contributed by atoms with Gasteiger partial charge in [-0.25, -0.2) is 0 Å². The Bertz CT molecular complexity index is 472. The van der Waals surface area contributed by atoms with Crippen LogP contribution in [0.5, 0.6) is 0 Å². The molecule has 3 unspecified atom stereocenters. The van der Waals surface area contributed by atoms with E-state index in [9.17, 15) is 4.79 Å². The molecule has 108 valence electrons. The third kappa shape index (κ3) is 2.03. The fourth-order valence-corrected chi connectivity index (χ4v) is 4.95. The molecule has 0 spiro atoms. The first kappa shape index (κ1) is 13.9. The first-order valence-electron chi connectivity index (χ1n) is 8.25. The molecule has 0 aromatic heterocycles. The molecule has 0 amide bonds. The second-order valence-corrected chi connectivity index (χ2v) is 6.97. The van der Waals surface area contributed by atoms with Gasteiger partial charge >= 0.3 is 0 Å². The Balaban J connectivity index is 2.06. The SMILES string of the molecule is CC1CC(c2ccccc2)(C2CCCCC2)C(C)C1=O. The smallest absolute Gasteiger partial charge is 0.139 e. The summed E-state index contributed by atoms with van der Waals surface area (Å²) in [6.07, 6.45) is 7.72. The number of carbonyl (C=O) groups excluding carboxylic acids is 1. The predicted molar refractivity (Wildman–Crippen MR) is 82.6 cm³/mol. The molecule has 0 heterocycles. The third-order valence-electron chi connectivity index (χ3n) is 5.97. The Morgan fingerprint density at radius 2 is 1.65 bits per heavy atom. The molecule has 0 saturated heterocycles. The van der Waals surface area contributed by atoms with Crippen molar-refractivity contribution in [3.05, 3.63) is 35.9 Å². The minimum atomic E-state index is 0.109. The number of hydrogen-bond acceptors (Lipinski definition) is 1. The highest BCUT2D eigenvalue weighted by molar-refractivity contribution is 5.87. The molecule has 1 heteroatoms. The lowest BCUT2D eigenvalue weighted by Gasteiger charge is -2.43.